The number of carboxylic acid groups (broad SMARTS) is 1. The lowest BCUT2D eigenvalue weighted by atomic mass is 9.99. The molecule has 0 fully saturated rings. The van der Waals surface area contributed by atoms with E-state index in [1.165, 1.54) is 0 Å². The largest absolute Gasteiger partial charge is 0.493 e. The molecule has 0 aromatic heterocycles. The first-order valence-electron chi connectivity index (χ1n) is 12.5. The Kier molecular flexibility index (Phi) is 7.46. The predicted octanol–water partition coefficient (Wildman–Crippen LogP) is 5.83. The fourth-order valence-electron chi connectivity index (χ4n) is 4.96. The van der Waals surface area contributed by atoms with Gasteiger partial charge < -0.3 is 38.3 Å². The lowest BCUT2D eigenvalue weighted by Crippen LogP contribution is -2.01. The minimum Gasteiger partial charge on any atom is -0.493 e. The number of carbonyl (C=O) groups is 1. The van der Waals surface area contributed by atoms with Crippen molar-refractivity contribution in [2.24, 2.45) is 0 Å². The molecule has 0 radical (unpaired) electrons. The molecule has 3 aromatic carbocycles. The first kappa shape index (κ1) is 26.8. The van der Waals surface area contributed by atoms with Crippen molar-refractivity contribution in [2.45, 2.75) is 20.0 Å². The van der Waals surface area contributed by atoms with Crippen LogP contribution >= 0.6 is 0 Å². The maximum Gasteiger partial charge on any atom is 0.307 e. The molecule has 1 aliphatic heterocycles. The normalized spacial score (nSPS) is 14.3. The molecule has 9 nitrogen and oxygen atoms in total. The minimum atomic E-state index is -0.913. The summed E-state index contributed by atoms with van der Waals surface area (Å²) in [5, 5.41) is 9.60. The maximum atomic E-state index is 11.7. The number of aliphatic carboxylic acids is 1. The Morgan fingerprint density at radius 3 is 2.10 bits per heavy atom. The first-order chi connectivity index (χ1) is 19.4. The summed E-state index contributed by atoms with van der Waals surface area (Å²) >= 11 is 0. The zero-order chi connectivity index (χ0) is 28.4. The number of allylic oxidation sites excluding steroid dienone is 2. The molecule has 1 heterocycles. The van der Waals surface area contributed by atoms with Gasteiger partial charge in [-0.1, -0.05) is 6.07 Å². The van der Waals surface area contributed by atoms with Crippen molar-refractivity contribution >= 4 is 23.2 Å². The predicted molar refractivity (Wildman–Crippen MR) is 149 cm³/mol. The van der Waals surface area contributed by atoms with Crippen molar-refractivity contribution in [3.8, 4) is 40.2 Å². The highest BCUT2D eigenvalue weighted by atomic mass is 16.7. The molecule has 0 unspecified atom stereocenters. The van der Waals surface area contributed by atoms with Crippen LogP contribution in [0.2, 0.25) is 0 Å². The molecule has 3 aromatic rings. The highest BCUT2D eigenvalue weighted by Crippen LogP contribution is 2.48. The van der Waals surface area contributed by atoms with Crippen molar-refractivity contribution in [2.75, 3.05) is 35.2 Å². The molecule has 2 aliphatic rings. The minimum absolute atomic E-state index is 0.120. The summed E-state index contributed by atoms with van der Waals surface area (Å²) in [5.74, 6) is 3.00. The molecule has 0 bridgehead atoms. The van der Waals surface area contributed by atoms with Crippen molar-refractivity contribution in [1.82, 2.24) is 0 Å². The standard InChI is InChI=1S/C31H30O9/c1-17-20(22-12-25(34-2)26(35-3)13-23(22)21(17)14-30(32)33)8-19-10-28(36-4)31(29(11-19)37-5)38-15-18-6-7-24-27(9-18)40-16-39-24/h6-13H,14-16H2,1-5H3,(H,32,33)/b20-8-. The van der Waals surface area contributed by atoms with Crippen LogP contribution in [0.3, 0.4) is 0 Å². The van der Waals surface area contributed by atoms with Gasteiger partial charge in [-0.05, 0) is 88.4 Å². The Morgan fingerprint density at radius 1 is 0.850 bits per heavy atom. The molecule has 1 aliphatic carbocycles. The van der Waals surface area contributed by atoms with Crippen LogP contribution in [0.4, 0.5) is 0 Å². The lowest BCUT2D eigenvalue weighted by molar-refractivity contribution is -0.135. The van der Waals surface area contributed by atoms with Gasteiger partial charge in [0.2, 0.25) is 12.5 Å². The summed E-state index contributed by atoms with van der Waals surface area (Å²) in [4.78, 5) is 11.7. The fourth-order valence-corrected chi connectivity index (χ4v) is 4.96. The molecular weight excluding hydrogens is 516 g/mol. The number of benzene rings is 3. The van der Waals surface area contributed by atoms with Gasteiger partial charge in [0.1, 0.15) is 6.61 Å². The van der Waals surface area contributed by atoms with E-state index < -0.39 is 5.97 Å². The van der Waals surface area contributed by atoms with Crippen LogP contribution in [0, 0.1) is 0 Å². The first-order valence-corrected chi connectivity index (χ1v) is 12.5. The van der Waals surface area contributed by atoms with Gasteiger partial charge in [-0.25, -0.2) is 0 Å². The molecule has 0 atom stereocenters. The number of rotatable bonds is 10. The SMILES string of the molecule is COc1cc2c(cc1OC)/C(=C\c1cc(OC)c(OCc3ccc4c(c3)OCO4)c(OC)c1)C(C)=C2CC(=O)O. The van der Waals surface area contributed by atoms with E-state index in [9.17, 15) is 9.90 Å². The molecule has 208 valence electrons. The van der Waals surface area contributed by atoms with E-state index in [2.05, 4.69) is 0 Å². The van der Waals surface area contributed by atoms with E-state index in [4.69, 9.17) is 33.2 Å². The van der Waals surface area contributed by atoms with E-state index in [0.29, 0.717) is 40.2 Å². The summed E-state index contributed by atoms with van der Waals surface area (Å²) in [6.07, 6.45) is 1.85. The van der Waals surface area contributed by atoms with Crippen LogP contribution in [0.15, 0.2) is 48.0 Å². The second-order valence-electron chi connectivity index (χ2n) is 9.22. The van der Waals surface area contributed by atoms with Gasteiger partial charge in [-0.2, -0.15) is 0 Å². The number of hydrogen-bond donors (Lipinski definition) is 1. The lowest BCUT2D eigenvalue weighted by Gasteiger charge is -2.16. The van der Waals surface area contributed by atoms with Crippen LogP contribution in [0.25, 0.3) is 17.2 Å². The second kappa shape index (κ2) is 11.1. The summed E-state index contributed by atoms with van der Waals surface area (Å²) in [5.41, 5.74) is 5.78. The Hall–Kier alpha value is -4.79. The number of ether oxygens (including phenoxy) is 7. The Labute approximate surface area is 232 Å². The topological polar surface area (TPSA) is 102 Å². The van der Waals surface area contributed by atoms with Crippen LogP contribution in [-0.4, -0.2) is 46.3 Å². The second-order valence-corrected chi connectivity index (χ2v) is 9.22. The summed E-state index contributed by atoms with van der Waals surface area (Å²) in [6, 6.07) is 13.0. The van der Waals surface area contributed by atoms with E-state index >= 15 is 0 Å². The molecule has 40 heavy (non-hydrogen) atoms. The van der Waals surface area contributed by atoms with E-state index in [1.54, 1.807) is 28.4 Å². The number of methoxy groups -OCH3 is 4. The van der Waals surface area contributed by atoms with E-state index in [1.807, 2.05) is 55.5 Å². The molecular formula is C31H30O9. The average molecular weight is 547 g/mol. The van der Waals surface area contributed by atoms with Gasteiger partial charge in [0, 0.05) is 0 Å². The molecule has 1 N–H and O–H groups in total. The fraction of sp³-hybridized carbons (Fsp3) is 0.258. The Morgan fingerprint density at radius 2 is 1.48 bits per heavy atom. The van der Waals surface area contributed by atoms with Gasteiger partial charge in [0.15, 0.2) is 34.5 Å². The zero-order valence-corrected chi connectivity index (χ0v) is 23.0. The van der Waals surface area contributed by atoms with Crippen LogP contribution in [-0.2, 0) is 11.4 Å². The van der Waals surface area contributed by atoms with Gasteiger partial charge in [0.05, 0.1) is 34.9 Å². The quantitative estimate of drug-likeness (QED) is 0.336. The maximum absolute atomic E-state index is 11.7. The van der Waals surface area contributed by atoms with Gasteiger partial charge in [0.25, 0.3) is 0 Å². The zero-order valence-electron chi connectivity index (χ0n) is 23.0. The van der Waals surface area contributed by atoms with Gasteiger partial charge in [-0.3, -0.25) is 4.79 Å². The van der Waals surface area contributed by atoms with Crippen LogP contribution in [0.1, 0.15) is 35.6 Å². The highest BCUT2D eigenvalue weighted by molar-refractivity contribution is 6.08. The highest BCUT2D eigenvalue weighted by Gasteiger charge is 2.28. The van der Waals surface area contributed by atoms with Gasteiger partial charge in [-0.15, -0.1) is 0 Å². The number of carboxylic acids is 1. The van der Waals surface area contributed by atoms with Crippen molar-refractivity contribution in [3.63, 3.8) is 0 Å². The van der Waals surface area contributed by atoms with Crippen molar-refractivity contribution < 1.29 is 43.1 Å². The molecule has 0 saturated carbocycles. The molecule has 5 rings (SSSR count). The molecule has 0 saturated heterocycles. The smallest absolute Gasteiger partial charge is 0.307 e. The summed E-state index contributed by atoms with van der Waals surface area (Å²) in [6.45, 7) is 2.38. The Bertz CT molecular complexity index is 1510. The average Bonchev–Trinajstić information content (AvgIpc) is 3.53. The third-order valence-corrected chi connectivity index (χ3v) is 6.94. The third kappa shape index (κ3) is 4.98. The van der Waals surface area contributed by atoms with Crippen molar-refractivity contribution in [1.29, 1.82) is 0 Å². The number of fused-ring (bicyclic) bond motifs is 2. The number of hydrogen-bond acceptors (Lipinski definition) is 8. The Balaban J connectivity index is 1.53. The molecule has 0 spiro atoms. The third-order valence-electron chi connectivity index (χ3n) is 6.94. The molecule has 0 amide bonds. The van der Waals surface area contributed by atoms with E-state index in [-0.39, 0.29) is 19.8 Å². The van der Waals surface area contributed by atoms with Crippen LogP contribution < -0.4 is 33.2 Å². The molecule has 9 heteroatoms. The monoisotopic (exact) mass is 546 g/mol. The van der Waals surface area contributed by atoms with E-state index in [0.717, 1.165) is 39.0 Å². The van der Waals surface area contributed by atoms with Crippen LogP contribution in [0.5, 0.6) is 40.2 Å². The summed E-state index contributed by atoms with van der Waals surface area (Å²) in [7, 11) is 6.26. The van der Waals surface area contributed by atoms with Crippen molar-refractivity contribution in [3.05, 3.63) is 70.3 Å². The summed E-state index contributed by atoms with van der Waals surface area (Å²) < 4.78 is 39.4. The van der Waals surface area contributed by atoms with Gasteiger partial charge >= 0.3 is 5.97 Å².